The van der Waals surface area contributed by atoms with Crippen LogP contribution in [0.3, 0.4) is 0 Å². The third kappa shape index (κ3) is 16.4. The van der Waals surface area contributed by atoms with E-state index < -0.39 is 96.0 Å². The molecule has 0 aromatic carbocycles. The highest BCUT2D eigenvalue weighted by molar-refractivity contribution is 5.96. The van der Waals surface area contributed by atoms with Gasteiger partial charge in [0.25, 0.3) is 0 Å². The number of carbonyl (C=O) groups is 9. The van der Waals surface area contributed by atoms with Gasteiger partial charge in [0, 0.05) is 19.4 Å². The maximum absolute atomic E-state index is 13.3. The van der Waals surface area contributed by atoms with E-state index in [0.717, 1.165) is 0 Å². The maximum atomic E-state index is 13.3. The molecule has 0 aromatic heterocycles. The molecule has 20 heteroatoms. The first kappa shape index (κ1) is 45.2. The Balaban J connectivity index is 2.89. The average molecular weight is 740 g/mol. The van der Waals surface area contributed by atoms with E-state index in [4.69, 9.17) is 28.7 Å². The third-order valence-corrected chi connectivity index (χ3v) is 8.31. The Bertz CT molecular complexity index is 1300. The van der Waals surface area contributed by atoms with Crippen molar-refractivity contribution in [1.82, 2.24) is 31.5 Å². The number of hydrogen-bond acceptors (Lipinski definition) is 11. The molecule has 0 aliphatic carbocycles. The minimum Gasteiger partial charge on any atom is -0.370 e. The van der Waals surface area contributed by atoms with Gasteiger partial charge in [0.1, 0.15) is 30.2 Å². The van der Waals surface area contributed by atoms with Crippen molar-refractivity contribution in [3.63, 3.8) is 0 Å². The summed E-state index contributed by atoms with van der Waals surface area (Å²) in [6.07, 6.45) is 1.75. The predicted octanol–water partition coefficient (Wildman–Crippen LogP) is -4.43. The molecular formula is C32H57N11O9. The first-order chi connectivity index (χ1) is 24.4. The van der Waals surface area contributed by atoms with Crippen LogP contribution in [-0.4, -0.2) is 114 Å². The van der Waals surface area contributed by atoms with Gasteiger partial charge in [-0.05, 0) is 70.8 Å². The van der Waals surface area contributed by atoms with Crippen LogP contribution in [0.15, 0.2) is 0 Å². The number of nitrogens with one attached hydrogen (secondary N) is 5. The molecule has 0 spiro atoms. The Morgan fingerprint density at radius 2 is 1.37 bits per heavy atom. The van der Waals surface area contributed by atoms with Gasteiger partial charge < -0.3 is 60.2 Å². The second-order valence-electron chi connectivity index (χ2n) is 13.3. The van der Waals surface area contributed by atoms with Gasteiger partial charge in [0.05, 0.1) is 12.6 Å². The summed E-state index contributed by atoms with van der Waals surface area (Å²) in [5.41, 5.74) is 27.2. The molecule has 1 heterocycles. The lowest BCUT2D eigenvalue weighted by molar-refractivity contribution is -0.140. The van der Waals surface area contributed by atoms with E-state index in [-0.39, 0.29) is 57.4 Å². The molecule has 1 rings (SSSR count). The zero-order valence-electron chi connectivity index (χ0n) is 30.2. The molecule has 1 fully saturated rings. The first-order valence-electron chi connectivity index (χ1n) is 17.5. The van der Waals surface area contributed by atoms with Crippen molar-refractivity contribution in [2.45, 2.75) is 121 Å². The summed E-state index contributed by atoms with van der Waals surface area (Å²) in [4.78, 5) is 114. The molecular weight excluding hydrogens is 682 g/mol. The molecule has 1 saturated heterocycles. The number of nitrogens with two attached hydrogens (primary N) is 5. The van der Waals surface area contributed by atoms with Gasteiger partial charge in [-0.25, -0.2) is 0 Å². The molecule has 6 atom stereocenters. The number of hydrogen-bond donors (Lipinski definition) is 10. The lowest BCUT2D eigenvalue weighted by Gasteiger charge is -2.28. The molecule has 0 radical (unpaired) electrons. The summed E-state index contributed by atoms with van der Waals surface area (Å²) in [5.74, 6) is -6.38. The zero-order valence-corrected chi connectivity index (χ0v) is 30.2. The number of primary amides is 3. The fourth-order valence-corrected chi connectivity index (χ4v) is 5.45. The van der Waals surface area contributed by atoms with E-state index in [1.54, 1.807) is 0 Å². The Morgan fingerprint density at radius 3 is 1.94 bits per heavy atom. The van der Waals surface area contributed by atoms with Crippen LogP contribution < -0.4 is 55.3 Å². The third-order valence-electron chi connectivity index (χ3n) is 8.31. The van der Waals surface area contributed by atoms with Crippen molar-refractivity contribution in [3.05, 3.63) is 0 Å². The minimum atomic E-state index is -1.32. The van der Waals surface area contributed by atoms with Gasteiger partial charge >= 0.3 is 0 Å². The molecule has 1 aliphatic heterocycles. The largest absolute Gasteiger partial charge is 0.370 e. The summed E-state index contributed by atoms with van der Waals surface area (Å²) < 4.78 is 0. The van der Waals surface area contributed by atoms with E-state index in [1.807, 2.05) is 13.8 Å². The number of nitrogens with zero attached hydrogens (tertiary/aromatic N) is 1. The zero-order chi connectivity index (χ0) is 39.5. The Hall–Kier alpha value is -4.85. The van der Waals surface area contributed by atoms with Gasteiger partial charge in [-0.1, -0.05) is 13.8 Å². The van der Waals surface area contributed by atoms with Crippen molar-refractivity contribution < 1.29 is 43.2 Å². The Morgan fingerprint density at radius 1 is 0.731 bits per heavy atom. The highest BCUT2D eigenvalue weighted by atomic mass is 16.2. The highest BCUT2D eigenvalue weighted by Crippen LogP contribution is 2.19. The molecule has 0 unspecified atom stereocenters. The molecule has 1 aliphatic rings. The van der Waals surface area contributed by atoms with E-state index in [0.29, 0.717) is 25.8 Å². The standard InChI is InChI=1S/C32H57N11O9/c1-17(2)15-22(30(50)39-18(3)28(48)41-20(27(37)47)7-4-5-13-33)40-26(46)16-38-29(49)21(10-12-25(36)45)42-31(51)23-8-6-14-43(23)32(52)19(34)9-11-24(35)44/h17-23H,4-16,33-34H2,1-3H3,(H2,35,44)(H2,36,45)(H2,37,47)(H,38,49)(H,39,50)(H,40,46)(H,41,48)(H,42,51)/t18-,19-,20-,21-,22-,23+/m0/s1. The molecule has 15 N–H and O–H groups in total. The SMILES string of the molecule is CC(C)C[C@H](NC(=O)CNC(=O)[C@H](CCC(N)=O)NC(=O)[C@H]1CCCN1C(=O)[C@@H](N)CCC(N)=O)C(=O)N[C@@H](C)C(=O)N[C@@H](CCCCN)C(N)=O. The van der Waals surface area contributed by atoms with Crippen molar-refractivity contribution in [2.75, 3.05) is 19.6 Å². The number of likely N-dealkylation sites (tertiary alicyclic amines) is 1. The van der Waals surface area contributed by atoms with Crippen molar-refractivity contribution in [2.24, 2.45) is 34.6 Å². The first-order valence-corrected chi connectivity index (χ1v) is 17.5. The van der Waals surface area contributed by atoms with Gasteiger partial charge in [-0.15, -0.1) is 0 Å². The lowest BCUT2D eigenvalue weighted by atomic mass is 10.0. The molecule has 0 bridgehead atoms. The number of rotatable bonds is 24. The second-order valence-corrected chi connectivity index (χ2v) is 13.3. The molecule has 0 saturated carbocycles. The van der Waals surface area contributed by atoms with E-state index >= 15 is 0 Å². The Labute approximate surface area is 303 Å². The van der Waals surface area contributed by atoms with Gasteiger partial charge in [-0.2, -0.15) is 0 Å². The molecule has 20 nitrogen and oxygen atoms in total. The van der Waals surface area contributed by atoms with Gasteiger partial charge in [0.2, 0.25) is 53.2 Å². The van der Waals surface area contributed by atoms with Crippen LogP contribution in [0.2, 0.25) is 0 Å². The number of unbranched alkanes of at least 4 members (excludes halogenated alkanes) is 1. The van der Waals surface area contributed by atoms with Crippen LogP contribution in [0.25, 0.3) is 0 Å². The van der Waals surface area contributed by atoms with E-state index in [1.165, 1.54) is 11.8 Å². The summed E-state index contributed by atoms with van der Waals surface area (Å²) in [7, 11) is 0. The van der Waals surface area contributed by atoms with Crippen LogP contribution in [0.1, 0.15) is 85.0 Å². The summed E-state index contributed by atoms with van der Waals surface area (Å²) >= 11 is 0. The minimum absolute atomic E-state index is 0.00784. The topological polar surface area (TPSA) is 347 Å². The van der Waals surface area contributed by atoms with Crippen LogP contribution in [0, 0.1) is 5.92 Å². The fourth-order valence-electron chi connectivity index (χ4n) is 5.45. The fraction of sp³-hybridized carbons (Fsp3) is 0.719. The predicted molar refractivity (Wildman–Crippen MR) is 188 cm³/mol. The smallest absolute Gasteiger partial charge is 0.243 e. The highest BCUT2D eigenvalue weighted by Gasteiger charge is 2.38. The van der Waals surface area contributed by atoms with Crippen LogP contribution in [0.4, 0.5) is 0 Å². The summed E-state index contributed by atoms with van der Waals surface area (Å²) in [5, 5.41) is 12.5. The lowest BCUT2D eigenvalue weighted by Crippen LogP contribution is -2.57. The number of amides is 9. The van der Waals surface area contributed by atoms with Crippen molar-refractivity contribution >= 4 is 53.2 Å². The van der Waals surface area contributed by atoms with Gasteiger partial charge in [0.15, 0.2) is 0 Å². The molecule has 52 heavy (non-hydrogen) atoms. The molecule has 294 valence electrons. The van der Waals surface area contributed by atoms with Crippen molar-refractivity contribution in [3.8, 4) is 0 Å². The maximum Gasteiger partial charge on any atom is 0.243 e. The quantitative estimate of drug-likeness (QED) is 0.0421. The van der Waals surface area contributed by atoms with Crippen LogP contribution in [-0.2, 0) is 43.2 Å². The normalized spacial score (nSPS) is 16.8. The van der Waals surface area contributed by atoms with Crippen LogP contribution >= 0.6 is 0 Å². The Kier molecular flexibility index (Phi) is 19.9. The second kappa shape index (κ2) is 22.9. The monoisotopic (exact) mass is 739 g/mol. The summed E-state index contributed by atoms with van der Waals surface area (Å²) in [6.45, 7) is 5.03. The average Bonchev–Trinajstić information content (AvgIpc) is 3.56. The van der Waals surface area contributed by atoms with Crippen molar-refractivity contribution in [1.29, 1.82) is 0 Å². The summed E-state index contributed by atoms with van der Waals surface area (Å²) in [6, 6.07) is -6.52. The molecule has 0 aromatic rings. The number of carbonyl (C=O) groups excluding carboxylic acids is 9. The van der Waals surface area contributed by atoms with E-state index in [9.17, 15) is 43.2 Å². The van der Waals surface area contributed by atoms with E-state index in [2.05, 4.69) is 26.6 Å². The molecule has 9 amide bonds. The van der Waals surface area contributed by atoms with Crippen LogP contribution in [0.5, 0.6) is 0 Å². The van der Waals surface area contributed by atoms with Gasteiger partial charge in [-0.3, -0.25) is 43.2 Å².